The Labute approximate surface area is 183 Å². The molecule has 2 aromatic carbocycles. The molecular weight excluding hydrogens is 390 g/mol. The Balaban J connectivity index is 1.30. The zero-order valence-electron chi connectivity index (χ0n) is 17.7. The van der Waals surface area contributed by atoms with E-state index in [4.69, 9.17) is 4.74 Å². The minimum Gasteiger partial charge on any atom is -0.480 e. The second-order valence-electron chi connectivity index (χ2n) is 9.20. The van der Waals surface area contributed by atoms with E-state index in [-0.39, 0.29) is 18.4 Å². The molecule has 1 amide bonds. The molecule has 2 fully saturated rings. The maximum Gasteiger partial charge on any atom is 0.410 e. The quantitative estimate of drug-likeness (QED) is 0.731. The highest BCUT2D eigenvalue weighted by molar-refractivity contribution is 5.81. The lowest BCUT2D eigenvalue weighted by atomic mass is 9.79. The lowest BCUT2D eigenvalue weighted by molar-refractivity contribution is -0.141. The van der Waals surface area contributed by atoms with Crippen molar-refractivity contribution in [3.8, 4) is 11.1 Å². The second kappa shape index (κ2) is 8.37. The van der Waals surface area contributed by atoms with Gasteiger partial charge in [0.1, 0.15) is 12.6 Å². The molecule has 2 atom stereocenters. The molecule has 31 heavy (non-hydrogen) atoms. The smallest absolute Gasteiger partial charge is 0.410 e. The van der Waals surface area contributed by atoms with Crippen LogP contribution in [0, 0.1) is 11.8 Å². The largest absolute Gasteiger partial charge is 0.480 e. The molecule has 0 spiro atoms. The van der Waals surface area contributed by atoms with E-state index in [2.05, 4.69) is 24.3 Å². The number of carbonyl (C=O) groups excluding carboxylic acids is 1. The van der Waals surface area contributed by atoms with Gasteiger partial charge in [-0.15, -0.1) is 0 Å². The van der Waals surface area contributed by atoms with Gasteiger partial charge in [-0.3, -0.25) is 4.90 Å². The van der Waals surface area contributed by atoms with E-state index in [9.17, 15) is 14.7 Å². The summed E-state index contributed by atoms with van der Waals surface area (Å²) in [5, 5.41) is 9.74. The maximum absolute atomic E-state index is 13.0. The number of hydrogen-bond acceptors (Lipinski definition) is 3. The minimum absolute atomic E-state index is 0.0172. The molecule has 5 rings (SSSR count). The molecular formula is C26H29NO4. The molecule has 3 aliphatic rings. The Bertz CT molecular complexity index is 935. The third-order valence-electron chi connectivity index (χ3n) is 7.51. The summed E-state index contributed by atoms with van der Waals surface area (Å²) in [5.74, 6) is -0.146. The number of ether oxygens (including phenoxy) is 1. The zero-order valence-corrected chi connectivity index (χ0v) is 17.7. The van der Waals surface area contributed by atoms with Crippen LogP contribution in [0.3, 0.4) is 0 Å². The summed E-state index contributed by atoms with van der Waals surface area (Å²) in [6.45, 7) is 0.724. The second-order valence-corrected chi connectivity index (χ2v) is 9.20. The predicted molar refractivity (Wildman–Crippen MR) is 118 cm³/mol. The number of fused-ring (bicyclic) bond motifs is 3. The van der Waals surface area contributed by atoms with Crippen LogP contribution < -0.4 is 0 Å². The van der Waals surface area contributed by atoms with Crippen LogP contribution in [0.15, 0.2) is 48.5 Å². The monoisotopic (exact) mass is 419 g/mol. The molecule has 0 unspecified atom stereocenters. The first-order valence-electron chi connectivity index (χ1n) is 11.5. The number of carbonyl (C=O) groups is 2. The number of aliphatic carboxylic acids is 1. The summed E-state index contributed by atoms with van der Waals surface area (Å²) in [7, 11) is 0. The number of carboxylic acid groups (broad SMARTS) is 1. The summed E-state index contributed by atoms with van der Waals surface area (Å²) in [6, 6.07) is 15.7. The molecule has 1 aliphatic heterocycles. The van der Waals surface area contributed by atoms with Crippen LogP contribution in [0.2, 0.25) is 0 Å². The molecule has 0 radical (unpaired) electrons. The fourth-order valence-electron chi connectivity index (χ4n) is 5.93. The fourth-order valence-corrected chi connectivity index (χ4v) is 5.93. The van der Waals surface area contributed by atoms with Gasteiger partial charge in [-0.1, -0.05) is 80.6 Å². The molecule has 0 aromatic heterocycles. The number of hydrogen-bond donors (Lipinski definition) is 1. The maximum atomic E-state index is 13.0. The first kappa shape index (κ1) is 20.1. The molecule has 1 heterocycles. The van der Waals surface area contributed by atoms with Gasteiger partial charge in [0.15, 0.2) is 0 Å². The summed E-state index contributed by atoms with van der Waals surface area (Å²) in [4.78, 5) is 26.4. The van der Waals surface area contributed by atoms with E-state index in [1.807, 2.05) is 24.3 Å². The first-order valence-corrected chi connectivity index (χ1v) is 11.5. The SMILES string of the molecule is O=C(O)[C@@H]1C[C@@H](C2CCCCC2)CN1C(=O)OCC1c2ccccc2-c2ccccc21. The number of likely N-dealkylation sites (tertiary alicyclic amines) is 1. The molecule has 162 valence electrons. The van der Waals surface area contributed by atoms with Gasteiger partial charge in [0, 0.05) is 12.5 Å². The summed E-state index contributed by atoms with van der Waals surface area (Å²) in [6.07, 6.45) is 6.04. The van der Waals surface area contributed by atoms with Crippen molar-refractivity contribution >= 4 is 12.1 Å². The van der Waals surface area contributed by atoms with Gasteiger partial charge >= 0.3 is 12.1 Å². The highest BCUT2D eigenvalue weighted by Crippen LogP contribution is 2.45. The van der Waals surface area contributed by atoms with Gasteiger partial charge in [0.2, 0.25) is 0 Å². The number of nitrogens with zero attached hydrogens (tertiary/aromatic N) is 1. The Hall–Kier alpha value is -2.82. The molecule has 2 aliphatic carbocycles. The van der Waals surface area contributed by atoms with Crippen molar-refractivity contribution < 1.29 is 19.4 Å². The average Bonchev–Trinajstić information content (AvgIpc) is 3.39. The van der Waals surface area contributed by atoms with Crippen molar-refractivity contribution in [1.82, 2.24) is 4.90 Å². The number of carboxylic acids is 1. The van der Waals surface area contributed by atoms with Crippen molar-refractivity contribution in [1.29, 1.82) is 0 Å². The van der Waals surface area contributed by atoms with Gasteiger partial charge in [-0.2, -0.15) is 0 Å². The van der Waals surface area contributed by atoms with Crippen molar-refractivity contribution in [3.05, 3.63) is 59.7 Å². The van der Waals surface area contributed by atoms with Crippen LogP contribution in [0.25, 0.3) is 11.1 Å². The molecule has 0 bridgehead atoms. The molecule has 5 nitrogen and oxygen atoms in total. The molecule has 1 saturated heterocycles. The lowest BCUT2D eigenvalue weighted by Gasteiger charge is -2.27. The number of benzene rings is 2. The van der Waals surface area contributed by atoms with Crippen LogP contribution in [0.5, 0.6) is 0 Å². The van der Waals surface area contributed by atoms with Crippen molar-refractivity contribution in [2.45, 2.75) is 50.5 Å². The zero-order chi connectivity index (χ0) is 21.4. The van der Waals surface area contributed by atoms with Crippen LogP contribution in [0.4, 0.5) is 4.79 Å². The normalized spacial score (nSPS) is 23.4. The van der Waals surface area contributed by atoms with E-state index in [1.165, 1.54) is 35.3 Å². The van der Waals surface area contributed by atoms with Crippen LogP contribution >= 0.6 is 0 Å². The Morgan fingerprint density at radius 2 is 1.52 bits per heavy atom. The van der Waals surface area contributed by atoms with Crippen LogP contribution in [-0.2, 0) is 9.53 Å². The predicted octanol–water partition coefficient (Wildman–Crippen LogP) is 5.29. The third-order valence-corrected chi connectivity index (χ3v) is 7.51. The van der Waals surface area contributed by atoms with Gasteiger partial charge in [0.05, 0.1) is 0 Å². The molecule has 2 aromatic rings. The average molecular weight is 420 g/mol. The van der Waals surface area contributed by atoms with Gasteiger partial charge in [-0.05, 0) is 40.5 Å². The fraction of sp³-hybridized carbons (Fsp3) is 0.462. The van der Waals surface area contributed by atoms with Crippen molar-refractivity contribution in [2.24, 2.45) is 11.8 Å². The van der Waals surface area contributed by atoms with E-state index in [0.29, 0.717) is 18.9 Å². The van der Waals surface area contributed by atoms with Gasteiger partial charge in [-0.25, -0.2) is 9.59 Å². The van der Waals surface area contributed by atoms with Gasteiger partial charge in [0.25, 0.3) is 0 Å². The highest BCUT2D eigenvalue weighted by Gasteiger charge is 2.43. The first-order chi connectivity index (χ1) is 15.1. The number of rotatable bonds is 4. The van der Waals surface area contributed by atoms with E-state index < -0.39 is 18.1 Å². The Morgan fingerprint density at radius 1 is 0.903 bits per heavy atom. The summed E-state index contributed by atoms with van der Waals surface area (Å²) >= 11 is 0. The van der Waals surface area contributed by atoms with Crippen LogP contribution in [0.1, 0.15) is 55.6 Å². The van der Waals surface area contributed by atoms with Crippen molar-refractivity contribution in [3.63, 3.8) is 0 Å². The standard InChI is InChI=1S/C26H29NO4/c28-25(29)24-14-18(17-8-2-1-3-9-17)15-27(24)26(30)31-16-23-21-12-6-4-10-19(21)20-11-5-7-13-22(20)23/h4-7,10-13,17-18,23-24H,1-3,8-9,14-16H2,(H,28,29)/t18-,24+/m1/s1. The van der Waals surface area contributed by atoms with E-state index in [1.54, 1.807) is 0 Å². The van der Waals surface area contributed by atoms with Gasteiger partial charge < -0.3 is 9.84 Å². The third kappa shape index (κ3) is 3.71. The number of amides is 1. The lowest BCUT2D eigenvalue weighted by Crippen LogP contribution is -2.41. The molecule has 1 saturated carbocycles. The Morgan fingerprint density at radius 3 is 2.13 bits per heavy atom. The Kier molecular flexibility index (Phi) is 5.43. The molecule has 5 heteroatoms. The van der Waals surface area contributed by atoms with Crippen LogP contribution in [-0.4, -0.2) is 41.3 Å². The van der Waals surface area contributed by atoms with E-state index in [0.717, 1.165) is 24.0 Å². The summed E-state index contributed by atoms with van der Waals surface area (Å²) < 4.78 is 5.76. The highest BCUT2D eigenvalue weighted by atomic mass is 16.6. The van der Waals surface area contributed by atoms with E-state index >= 15 is 0 Å². The summed E-state index contributed by atoms with van der Waals surface area (Å²) in [5.41, 5.74) is 4.68. The van der Waals surface area contributed by atoms with Crippen molar-refractivity contribution in [2.75, 3.05) is 13.2 Å². The minimum atomic E-state index is -0.924. The molecule has 1 N–H and O–H groups in total. The topological polar surface area (TPSA) is 66.8 Å².